The Morgan fingerprint density at radius 2 is 2.19 bits per heavy atom. The van der Waals surface area contributed by atoms with Crippen molar-refractivity contribution in [3.05, 3.63) is 52.8 Å². The van der Waals surface area contributed by atoms with Gasteiger partial charge in [-0.2, -0.15) is 5.10 Å². The summed E-state index contributed by atoms with van der Waals surface area (Å²) >= 11 is 6.13. The van der Waals surface area contributed by atoms with E-state index in [9.17, 15) is 4.79 Å². The number of aliphatic carboxylic acids is 1. The molecule has 0 atom stereocenters. The molecule has 0 bridgehead atoms. The predicted octanol–water partition coefficient (Wildman–Crippen LogP) is 2.49. The van der Waals surface area contributed by atoms with Crippen LogP contribution in [0, 0.1) is 0 Å². The van der Waals surface area contributed by atoms with E-state index in [0.717, 1.165) is 16.1 Å². The standard InChI is InChI=1S/C15H18ClN3O2/c1-2-18(11-15(20)21)8-12-7-17-19(9-12)10-13-5-3-4-6-14(13)16/h3-7,9H,2,8,10-11H2,1H3,(H,20,21). The second-order valence-electron chi connectivity index (χ2n) is 4.83. The minimum Gasteiger partial charge on any atom is -0.480 e. The van der Waals surface area contributed by atoms with E-state index in [0.29, 0.717) is 19.6 Å². The predicted molar refractivity (Wildman–Crippen MR) is 81.4 cm³/mol. The zero-order valence-corrected chi connectivity index (χ0v) is 12.6. The van der Waals surface area contributed by atoms with Crippen LogP contribution < -0.4 is 0 Å². The van der Waals surface area contributed by atoms with Gasteiger partial charge in [-0.15, -0.1) is 0 Å². The molecule has 0 saturated heterocycles. The first kappa shape index (κ1) is 15.5. The van der Waals surface area contributed by atoms with Crippen molar-refractivity contribution in [3.63, 3.8) is 0 Å². The fraction of sp³-hybridized carbons (Fsp3) is 0.333. The molecule has 0 amide bonds. The molecule has 0 spiro atoms. The summed E-state index contributed by atoms with van der Waals surface area (Å²) in [5.74, 6) is -0.819. The van der Waals surface area contributed by atoms with Gasteiger partial charge >= 0.3 is 5.97 Å². The van der Waals surface area contributed by atoms with Gasteiger partial charge in [-0.25, -0.2) is 0 Å². The molecular formula is C15H18ClN3O2. The Morgan fingerprint density at radius 1 is 1.43 bits per heavy atom. The molecule has 0 aliphatic rings. The van der Waals surface area contributed by atoms with Gasteiger partial charge in [-0.1, -0.05) is 36.7 Å². The number of carboxylic acids is 1. The largest absolute Gasteiger partial charge is 0.480 e. The maximum Gasteiger partial charge on any atom is 0.317 e. The number of halogens is 1. The second kappa shape index (κ2) is 7.24. The van der Waals surface area contributed by atoms with Crippen LogP contribution in [0.25, 0.3) is 0 Å². The number of carboxylic acid groups (broad SMARTS) is 1. The molecule has 1 aromatic carbocycles. The SMILES string of the molecule is CCN(CC(=O)O)Cc1cnn(Cc2ccccc2Cl)c1. The topological polar surface area (TPSA) is 58.4 Å². The molecule has 0 saturated carbocycles. The Labute approximate surface area is 128 Å². The number of likely N-dealkylation sites (N-methyl/N-ethyl adjacent to an activating group) is 1. The van der Waals surface area contributed by atoms with Gasteiger partial charge in [0.1, 0.15) is 0 Å². The molecule has 0 radical (unpaired) electrons. The third-order valence-corrected chi connectivity index (χ3v) is 3.56. The quantitative estimate of drug-likeness (QED) is 0.854. The molecule has 0 aliphatic heterocycles. The molecule has 6 heteroatoms. The van der Waals surface area contributed by atoms with Gasteiger partial charge in [0.25, 0.3) is 0 Å². The van der Waals surface area contributed by atoms with Crippen molar-refractivity contribution in [1.29, 1.82) is 0 Å². The molecule has 2 rings (SSSR count). The molecule has 1 aromatic heterocycles. The molecule has 1 heterocycles. The maximum atomic E-state index is 10.8. The minimum absolute atomic E-state index is 0.0339. The summed E-state index contributed by atoms with van der Waals surface area (Å²) in [7, 11) is 0. The molecule has 1 N–H and O–H groups in total. The molecule has 21 heavy (non-hydrogen) atoms. The van der Waals surface area contributed by atoms with Crippen molar-refractivity contribution < 1.29 is 9.90 Å². The number of hydrogen-bond donors (Lipinski definition) is 1. The number of aromatic nitrogens is 2. The molecule has 5 nitrogen and oxygen atoms in total. The van der Waals surface area contributed by atoms with E-state index in [4.69, 9.17) is 16.7 Å². The van der Waals surface area contributed by atoms with E-state index in [-0.39, 0.29) is 6.54 Å². The smallest absolute Gasteiger partial charge is 0.317 e. The average Bonchev–Trinajstić information content (AvgIpc) is 2.87. The van der Waals surface area contributed by atoms with E-state index >= 15 is 0 Å². The fourth-order valence-electron chi connectivity index (χ4n) is 2.10. The van der Waals surface area contributed by atoms with Crippen LogP contribution in [0.2, 0.25) is 5.02 Å². The number of benzene rings is 1. The lowest BCUT2D eigenvalue weighted by molar-refractivity contribution is -0.138. The highest BCUT2D eigenvalue weighted by molar-refractivity contribution is 6.31. The molecular weight excluding hydrogens is 290 g/mol. The van der Waals surface area contributed by atoms with Gasteiger partial charge < -0.3 is 5.11 Å². The summed E-state index contributed by atoms with van der Waals surface area (Å²) in [5.41, 5.74) is 2.00. The Bertz CT molecular complexity index is 612. The highest BCUT2D eigenvalue weighted by Crippen LogP contribution is 2.16. The zero-order valence-electron chi connectivity index (χ0n) is 11.9. The van der Waals surface area contributed by atoms with Crippen LogP contribution >= 0.6 is 11.6 Å². The van der Waals surface area contributed by atoms with E-state index in [1.165, 1.54) is 0 Å². The average molecular weight is 308 g/mol. The van der Waals surface area contributed by atoms with Gasteiger partial charge in [0.05, 0.1) is 19.3 Å². The van der Waals surface area contributed by atoms with Crippen molar-refractivity contribution in [2.24, 2.45) is 0 Å². The van der Waals surface area contributed by atoms with Gasteiger partial charge in [0.15, 0.2) is 0 Å². The van der Waals surface area contributed by atoms with E-state index in [2.05, 4.69) is 5.10 Å². The monoisotopic (exact) mass is 307 g/mol. The highest BCUT2D eigenvalue weighted by atomic mass is 35.5. The summed E-state index contributed by atoms with van der Waals surface area (Å²) in [4.78, 5) is 12.6. The van der Waals surface area contributed by atoms with Crippen molar-refractivity contribution >= 4 is 17.6 Å². The first-order valence-corrected chi connectivity index (χ1v) is 7.15. The summed E-state index contributed by atoms with van der Waals surface area (Å²) in [6.07, 6.45) is 3.69. The molecule has 2 aromatic rings. The van der Waals surface area contributed by atoms with Crippen LogP contribution in [-0.2, 0) is 17.9 Å². The Balaban J connectivity index is 2.01. The van der Waals surface area contributed by atoms with Crippen LogP contribution in [0.3, 0.4) is 0 Å². The summed E-state index contributed by atoms with van der Waals surface area (Å²) in [6, 6.07) is 7.65. The summed E-state index contributed by atoms with van der Waals surface area (Å²) < 4.78 is 1.81. The second-order valence-corrected chi connectivity index (χ2v) is 5.24. The van der Waals surface area contributed by atoms with E-state index < -0.39 is 5.97 Å². The normalized spacial score (nSPS) is 11.0. The van der Waals surface area contributed by atoms with E-state index in [1.54, 1.807) is 6.20 Å². The first-order valence-electron chi connectivity index (χ1n) is 6.77. The maximum absolute atomic E-state index is 10.8. The number of nitrogens with zero attached hydrogens (tertiary/aromatic N) is 3. The Morgan fingerprint density at radius 3 is 2.86 bits per heavy atom. The number of carbonyl (C=O) groups is 1. The van der Waals surface area contributed by atoms with Crippen molar-refractivity contribution in [2.75, 3.05) is 13.1 Å². The summed E-state index contributed by atoms with van der Waals surface area (Å²) in [5, 5.41) is 13.9. The highest BCUT2D eigenvalue weighted by Gasteiger charge is 2.10. The Hall–Kier alpha value is -1.85. The summed E-state index contributed by atoms with van der Waals surface area (Å²) in [6.45, 7) is 3.83. The minimum atomic E-state index is -0.819. The third-order valence-electron chi connectivity index (χ3n) is 3.19. The number of rotatable bonds is 7. The van der Waals surface area contributed by atoms with Crippen LogP contribution in [0.4, 0.5) is 0 Å². The van der Waals surface area contributed by atoms with E-state index in [1.807, 2.05) is 47.0 Å². The number of hydrogen-bond acceptors (Lipinski definition) is 3. The molecule has 0 fully saturated rings. The lowest BCUT2D eigenvalue weighted by Gasteiger charge is -2.16. The van der Waals surface area contributed by atoms with Crippen molar-refractivity contribution in [2.45, 2.75) is 20.0 Å². The van der Waals surface area contributed by atoms with Crippen LogP contribution in [-0.4, -0.2) is 38.8 Å². The van der Waals surface area contributed by atoms with Crippen molar-refractivity contribution in [1.82, 2.24) is 14.7 Å². The van der Waals surface area contributed by atoms with Gasteiger partial charge in [-0.05, 0) is 18.2 Å². The zero-order chi connectivity index (χ0) is 15.2. The Kier molecular flexibility index (Phi) is 5.36. The van der Waals surface area contributed by atoms with Gasteiger partial charge in [0.2, 0.25) is 0 Å². The van der Waals surface area contributed by atoms with Gasteiger partial charge in [0, 0.05) is 23.3 Å². The van der Waals surface area contributed by atoms with Crippen LogP contribution in [0.1, 0.15) is 18.1 Å². The molecule has 112 valence electrons. The molecule has 0 unspecified atom stereocenters. The van der Waals surface area contributed by atoms with Crippen LogP contribution in [0.15, 0.2) is 36.7 Å². The lowest BCUT2D eigenvalue weighted by Crippen LogP contribution is -2.28. The van der Waals surface area contributed by atoms with Gasteiger partial charge in [-0.3, -0.25) is 14.4 Å². The molecule has 0 aliphatic carbocycles. The fourth-order valence-corrected chi connectivity index (χ4v) is 2.30. The lowest BCUT2D eigenvalue weighted by atomic mass is 10.2. The third kappa shape index (κ3) is 4.58. The van der Waals surface area contributed by atoms with Crippen LogP contribution in [0.5, 0.6) is 0 Å². The first-order chi connectivity index (χ1) is 10.1. The van der Waals surface area contributed by atoms with Crippen molar-refractivity contribution in [3.8, 4) is 0 Å².